The van der Waals surface area contributed by atoms with Gasteiger partial charge in [-0.15, -0.1) is 0 Å². The number of fused-ring (bicyclic) bond motifs is 1. The van der Waals surface area contributed by atoms with Crippen molar-refractivity contribution in [3.8, 4) is 0 Å². The molecular formula is C11H13N3. The Hall–Kier alpha value is -1.35. The Morgan fingerprint density at radius 3 is 2.93 bits per heavy atom. The van der Waals surface area contributed by atoms with Gasteiger partial charge in [-0.1, -0.05) is 0 Å². The number of nitrogens with zero attached hydrogens (tertiary/aromatic N) is 2. The second-order valence-electron chi connectivity index (χ2n) is 4.26. The van der Waals surface area contributed by atoms with Gasteiger partial charge in [-0.05, 0) is 43.5 Å². The smallest absolute Gasteiger partial charge is 0.0833 e. The summed E-state index contributed by atoms with van der Waals surface area (Å²) in [7, 11) is 0. The summed E-state index contributed by atoms with van der Waals surface area (Å²) in [4.78, 5) is 0. The molecule has 3 rings (SSSR count). The van der Waals surface area contributed by atoms with Crippen molar-refractivity contribution in [3.05, 3.63) is 35.7 Å². The number of rotatable bonds is 1. The van der Waals surface area contributed by atoms with E-state index < -0.39 is 0 Å². The predicted octanol–water partition coefficient (Wildman–Crippen LogP) is 1.59. The lowest BCUT2D eigenvalue weighted by Crippen LogP contribution is -2.19. The van der Waals surface area contributed by atoms with Crippen molar-refractivity contribution in [2.24, 2.45) is 5.73 Å². The van der Waals surface area contributed by atoms with Crippen molar-refractivity contribution < 1.29 is 0 Å². The van der Waals surface area contributed by atoms with Gasteiger partial charge in [-0.2, -0.15) is 5.10 Å². The van der Waals surface area contributed by atoms with Crippen LogP contribution in [-0.4, -0.2) is 9.61 Å². The van der Waals surface area contributed by atoms with Crippen molar-refractivity contribution in [1.82, 2.24) is 9.61 Å². The molecule has 0 radical (unpaired) electrons. The Morgan fingerprint density at radius 2 is 2.21 bits per heavy atom. The number of hydrogen-bond donors (Lipinski definition) is 1. The van der Waals surface area contributed by atoms with Crippen molar-refractivity contribution in [2.45, 2.75) is 25.3 Å². The van der Waals surface area contributed by atoms with Crippen molar-refractivity contribution in [3.63, 3.8) is 0 Å². The van der Waals surface area contributed by atoms with Crippen LogP contribution in [0.25, 0.3) is 5.52 Å². The van der Waals surface area contributed by atoms with E-state index in [0.717, 1.165) is 24.1 Å². The normalized spacial score (nSPS) is 18.7. The molecule has 3 nitrogen and oxygen atoms in total. The Labute approximate surface area is 82.5 Å². The first-order valence-electron chi connectivity index (χ1n) is 4.93. The summed E-state index contributed by atoms with van der Waals surface area (Å²) < 4.78 is 1.90. The van der Waals surface area contributed by atoms with Crippen molar-refractivity contribution in [2.75, 3.05) is 0 Å². The van der Waals surface area contributed by atoms with Crippen LogP contribution in [0.2, 0.25) is 0 Å². The minimum absolute atomic E-state index is 0.125. The maximum absolute atomic E-state index is 6.09. The average Bonchev–Trinajstić information content (AvgIpc) is 2.77. The molecule has 2 aromatic heterocycles. The highest BCUT2D eigenvalue weighted by molar-refractivity contribution is 5.51. The van der Waals surface area contributed by atoms with Gasteiger partial charge in [0.15, 0.2) is 0 Å². The number of aryl methyl sites for hydroxylation is 1. The van der Waals surface area contributed by atoms with Crippen LogP contribution in [0.15, 0.2) is 24.4 Å². The van der Waals surface area contributed by atoms with E-state index in [9.17, 15) is 0 Å². The molecule has 1 saturated carbocycles. The van der Waals surface area contributed by atoms with E-state index in [-0.39, 0.29) is 5.54 Å². The molecule has 0 bridgehead atoms. The van der Waals surface area contributed by atoms with E-state index >= 15 is 0 Å². The van der Waals surface area contributed by atoms with Gasteiger partial charge in [0.25, 0.3) is 0 Å². The average molecular weight is 187 g/mol. The second-order valence-corrected chi connectivity index (χ2v) is 4.26. The molecule has 2 aromatic rings. The van der Waals surface area contributed by atoms with E-state index in [1.165, 1.54) is 5.56 Å². The summed E-state index contributed by atoms with van der Waals surface area (Å²) in [6.07, 6.45) is 4.12. The molecule has 0 spiro atoms. The van der Waals surface area contributed by atoms with Crippen LogP contribution in [0, 0.1) is 6.92 Å². The fourth-order valence-corrected chi connectivity index (χ4v) is 1.74. The molecule has 1 aliphatic carbocycles. The van der Waals surface area contributed by atoms with Gasteiger partial charge in [0.2, 0.25) is 0 Å². The summed E-state index contributed by atoms with van der Waals surface area (Å²) in [5, 5.41) is 4.48. The highest BCUT2D eigenvalue weighted by atomic mass is 15.2. The molecule has 0 unspecified atom stereocenters. The van der Waals surface area contributed by atoms with Crippen LogP contribution in [0.3, 0.4) is 0 Å². The third-order valence-corrected chi connectivity index (χ3v) is 2.92. The minimum Gasteiger partial charge on any atom is -0.320 e. The molecule has 1 aliphatic rings. The fraction of sp³-hybridized carbons (Fsp3) is 0.364. The number of aromatic nitrogens is 2. The molecule has 0 aliphatic heterocycles. The van der Waals surface area contributed by atoms with Gasteiger partial charge in [0.05, 0.1) is 16.7 Å². The largest absolute Gasteiger partial charge is 0.320 e. The molecule has 0 atom stereocenters. The standard InChI is InChI=1S/C11H13N3/c1-8-2-5-14-9(6-8)7-10(13-14)11(12)3-4-11/h2,5-7H,3-4,12H2,1H3. The van der Waals surface area contributed by atoms with Gasteiger partial charge >= 0.3 is 0 Å². The molecular weight excluding hydrogens is 174 g/mol. The third kappa shape index (κ3) is 1.06. The Kier molecular flexibility index (Phi) is 1.35. The van der Waals surface area contributed by atoms with E-state index in [1.807, 2.05) is 10.7 Å². The van der Waals surface area contributed by atoms with E-state index in [1.54, 1.807) is 0 Å². The van der Waals surface area contributed by atoms with Gasteiger partial charge < -0.3 is 5.73 Å². The summed E-state index contributed by atoms with van der Waals surface area (Å²) in [5.41, 5.74) is 9.39. The van der Waals surface area contributed by atoms with Crippen LogP contribution >= 0.6 is 0 Å². The minimum atomic E-state index is -0.125. The molecule has 1 fully saturated rings. The molecule has 72 valence electrons. The number of pyridine rings is 1. The highest BCUT2D eigenvalue weighted by Crippen LogP contribution is 2.42. The van der Waals surface area contributed by atoms with Crippen LogP contribution in [0.4, 0.5) is 0 Å². The van der Waals surface area contributed by atoms with Gasteiger partial charge in [-0.25, -0.2) is 4.52 Å². The van der Waals surface area contributed by atoms with Crippen LogP contribution < -0.4 is 5.73 Å². The summed E-state index contributed by atoms with van der Waals surface area (Å²) >= 11 is 0. The number of hydrogen-bond acceptors (Lipinski definition) is 2. The molecule has 0 saturated heterocycles. The Bertz CT molecular complexity index is 494. The lowest BCUT2D eigenvalue weighted by Gasteiger charge is -2.00. The third-order valence-electron chi connectivity index (χ3n) is 2.92. The first kappa shape index (κ1) is 8.00. The van der Waals surface area contributed by atoms with Crippen LogP contribution in [0.5, 0.6) is 0 Å². The zero-order valence-electron chi connectivity index (χ0n) is 8.20. The lowest BCUT2D eigenvalue weighted by molar-refractivity contribution is 0.692. The van der Waals surface area contributed by atoms with Crippen molar-refractivity contribution >= 4 is 5.52 Å². The van der Waals surface area contributed by atoms with Gasteiger partial charge in [-0.3, -0.25) is 0 Å². The first-order chi connectivity index (χ1) is 6.67. The van der Waals surface area contributed by atoms with E-state index in [0.29, 0.717) is 0 Å². The fourth-order valence-electron chi connectivity index (χ4n) is 1.74. The van der Waals surface area contributed by atoms with Crippen LogP contribution in [-0.2, 0) is 5.54 Å². The van der Waals surface area contributed by atoms with E-state index in [4.69, 9.17) is 5.73 Å². The Morgan fingerprint density at radius 1 is 1.43 bits per heavy atom. The number of nitrogens with two attached hydrogens (primary N) is 1. The topological polar surface area (TPSA) is 43.3 Å². The zero-order chi connectivity index (χ0) is 9.76. The van der Waals surface area contributed by atoms with Gasteiger partial charge in [0, 0.05) is 6.20 Å². The van der Waals surface area contributed by atoms with Crippen molar-refractivity contribution in [1.29, 1.82) is 0 Å². The molecule has 0 aromatic carbocycles. The molecule has 0 amide bonds. The molecule has 14 heavy (non-hydrogen) atoms. The van der Waals surface area contributed by atoms with Gasteiger partial charge in [0.1, 0.15) is 0 Å². The monoisotopic (exact) mass is 187 g/mol. The SMILES string of the molecule is Cc1ccn2nc(C3(N)CC3)cc2c1. The summed E-state index contributed by atoms with van der Waals surface area (Å²) in [5.74, 6) is 0. The maximum atomic E-state index is 6.09. The quantitative estimate of drug-likeness (QED) is 0.736. The predicted molar refractivity (Wildman–Crippen MR) is 55.0 cm³/mol. The molecule has 2 N–H and O–H groups in total. The second kappa shape index (κ2) is 2.36. The highest BCUT2D eigenvalue weighted by Gasteiger charge is 2.42. The molecule has 3 heteroatoms. The molecule has 2 heterocycles. The Balaban J connectivity index is 2.20. The summed E-state index contributed by atoms with van der Waals surface area (Å²) in [6.45, 7) is 2.09. The maximum Gasteiger partial charge on any atom is 0.0833 e. The zero-order valence-corrected chi connectivity index (χ0v) is 8.20. The summed E-state index contributed by atoms with van der Waals surface area (Å²) in [6, 6.07) is 6.28. The first-order valence-corrected chi connectivity index (χ1v) is 4.93. The van der Waals surface area contributed by atoms with Crippen LogP contribution in [0.1, 0.15) is 24.1 Å². The lowest BCUT2D eigenvalue weighted by atomic mass is 10.2. The van der Waals surface area contributed by atoms with E-state index in [2.05, 4.69) is 30.2 Å².